The zero-order valence-corrected chi connectivity index (χ0v) is 14.7. The lowest BCUT2D eigenvalue weighted by atomic mass is 10.2. The normalized spacial score (nSPS) is 11.0. The molecular formula is C20H16ClNO4. The third-order valence-electron chi connectivity index (χ3n) is 3.54. The molecule has 1 heterocycles. The van der Waals surface area contributed by atoms with E-state index >= 15 is 0 Å². The third kappa shape index (κ3) is 4.32. The Kier molecular flexibility index (Phi) is 5.39. The Morgan fingerprint density at radius 3 is 2.85 bits per heavy atom. The minimum atomic E-state index is -0.430. The van der Waals surface area contributed by atoms with Crippen LogP contribution in [-0.4, -0.2) is 18.5 Å². The Morgan fingerprint density at radius 1 is 1.19 bits per heavy atom. The number of fused-ring (bicyclic) bond motifs is 1. The number of carbonyl (C=O) groups is 2. The smallest absolute Gasteiger partial charge is 0.338 e. The lowest BCUT2D eigenvalue weighted by molar-refractivity contribution is -0.111. The zero-order chi connectivity index (χ0) is 18.5. The molecule has 5 nitrogen and oxygen atoms in total. The van der Waals surface area contributed by atoms with Crippen LogP contribution in [0, 0.1) is 0 Å². The quantitative estimate of drug-likeness (QED) is 0.512. The third-order valence-corrected chi connectivity index (χ3v) is 3.77. The molecule has 1 N–H and O–H groups in total. The van der Waals surface area contributed by atoms with E-state index < -0.39 is 5.97 Å². The predicted octanol–water partition coefficient (Wildman–Crippen LogP) is 4.91. The van der Waals surface area contributed by atoms with Gasteiger partial charge in [0.25, 0.3) is 0 Å². The fourth-order valence-corrected chi connectivity index (χ4v) is 2.58. The number of amides is 1. The van der Waals surface area contributed by atoms with Gasteiger partial charge in [-0.25, -0.2) is 4.79 Å². The molecule has 1 amide bonds. The number of furan rings is 1. The molecule has 0 aliphatic rings. The van der Waals surface area contributed by atoms with E-state index in [0.717, 1.165) is 5.39 Å². The summed E-state index contributed by atoms with van der Waals surface area (Å²) in [5.41, 5.74) is 1.57. The molecule has 2 aromatic carbocycles. The molecule has 0 bridgehead atoms. The van der Waals surface area contributed by atoms with Crippen molar-refractivity contribution in [1.29, 1.82) is 0 Å². The van der Waals surface area contributed by atoms with Crippen molar-refractivity contribution in [1.82, 2.24) is 0 Å². The second-order valence-corrected chi connectivity index (χ2v) is 5.89. The molecular weight excluding hydrogens is 354 g/mol. The van der Waals surface area contributed by atoms with Crippen LogP contribution in [0.15, 0.2) is 59.0 Å². The van der Waals surface area contributed by atoms with E-state index in [4.69, 9.17) is 20.8 Å². The van der Waals surface area contributed by atoms with E-state index in [2.05, 4.69) is 5.32 Å². The molecule has 0 aliphatic carbocycles. The number of ether oxygens (including phenoxy) is 1. The number of rotatable bonds is 5. The van der Waals surface area contributed by atoms with E-state index in [0.29, 0.717) is 34.2 Å². The van der Waals surface area contributed by atoms with Gasteiger partial charge in [-0.15, -0.1) is 0 Å². The van der Waals surface area contributed by atoms with Gasteiger partial charge in [0.2, 0.25) is 5.91 Å². The van der Waals surface area contributed by atoms with Crippen molar-refractivity contribution in [2.24, 2.45) is 0 Å². The second kappa shape index (κ2) is 7.89. The summed E-state index contributed by atoms with van der Waals surface area (Å²) in [6.07, 6.45) is 2.93. The van der Waals surface area contributed by atoms with Gasteiger partial charge in [-0.05, 0) is 55.5 Å². The van der Waals surface area contributed by atoms with Gasteiger partial charge >= 0.3 is 5.97 Å². The van der Waals surface area contributed by atoms with Crippen molar-refractivity contribution in [2.75, 3.05) is 11.9 Å². The van der Waals surface area contributed by atoms with E-state index in [1.165, 1.54) is 6.08 Å². The van der Waals surface area contributed by atoms with Crippen LogP contribution in [0.4, 0.5) is 5.69 Å². The SMILES string of the molecule is CCOC(=O)c1cccc(NC(=O)/C=C/c2cc3cc(Cl)ccc3o2)c1. The van der Waals surface area contributed by atoms with E-state index in [1.807, 2.05) is 0 Å². The summed E-state index contributed by atoms with van der Waals surface area (Å²) in [4.78, 5) is 23.8. The number of hydrogen-bond acceptors (Lipinski definition) is 4. The molecule has 0 radical (unpaired) electrons. The van der Waals surface area contributed by atoms with Gasteiger partial charge < -0.3 is 14.5 Å². The van der Waals surface area contributed by atoms with Crippen LogP contribution >= 0.6 is 11.6 Å². The summed E-state index contributed by atoms with van der Waals surface area (Å²) in [6.45, 7) is 2.03. The number of hydrogen-bond donors (Lipinski definition) is 1. The number of esters is 1. The van der Waals surface area contributed by atoms with Crippen LogP contribution in [0.25, 0.3) is 17.0 Å². The van der Waals surface area contributed by atoms with Crippen molar-refractivity contribution >= 4 is 46.2 Å². The number of nitrogens with one attached hydrogen (secondary N) is 1. The van der Waals surface area contributed by atoms with Crippen LogP contribution in [-0.2, 0) is 9.53 Å². The van der Waals surface area contributed by atoms with Crippen LogP contribution in [0.1, 0.15) is 23.0 Å². The molecule has 0 fully saturated rings. The molecule has 0 atom stereocenters. The minimum Gasteiger partial charge on any atom is -0.462 e. The van der Waals surface area contributed by atoms with E-state index in [1.54, 1.807) is 61.5 Å². The maximum atomic E-state index is 12.1. The Balaban J connectivity index is 1.68. The van der Waals surface area contributed by atoms with Gasteiger partial charge in [0.15, 0.2) is 0 Å². The largest absolute Gasteiger partial charge is 0.462 e. The average Bonchev–Trinajstić information content (AvgIpc) is 3.02. The molecule has 0 aliphatic heterocycles. The fraction of sp³-hybridized carbons (Fsp3) is 0.100. The van der Waals surface area contributed by atoms with E-state index in [-0.39, 0.29) is 5.91 Å². The summed E-state index contributed by atoms with van der Waals surface area (Å²) >= 11 is 5.94. The summed E-state index contributed by atoms with van der Waals surface area (Å²) < 4.78 is 10.6. The highest BCUT2D eigenvalue weighted by Crippen LogP contribution is 2.23. The molecule has 132 valence electrons. The second-order valence-electron chi connectivity index (χ2n) is 5.45. The Morgan fingerprint density at radius 2 is 2.04 bits per heavy atom. The molecule has 0 saturated heterocycles. The highest BCUT2D eigenvalue weighted by Gasteiger charge is 2.08. The highest BCUT2D eigenvalue weighted by atomic mass is 35.5. The van der Waals surface area contributed by atoms with Crippen molar-refractivity contribution in [3.05, 3.63) is 71.0 Å². The van der Waals surface area contributed by atoms with Crippen molar-refractivity contribution < 1.29 is 18.7 Å². The number of anilines is 1. The van der Waals surface area contributed by atoms with Crippen molar-refractivity contribution in [3.8, 4) is 0 Å². The maximum absolute atomic E-state index is 12.1. The van der Waals surface area contributed by atoms with Gasteiger partial charge in [-0.3, -0.25) is 4.79 Å². The number of benzene rings is 2. The first-order valence-corrected chi connectivity index (χ1v) is 8.38. The predicted molar refractivity (Wildman–Crippen MR) is 101 cm³/mol. The molecule has 0 unspecified atom stereocenters. The van der Waals surface area contributed by atoms with Crippen LogP contribution in [0.5, 0.6) is 0 Å². The number of halogens is 1. The van der Waals surface area contributed by atoms with Gasteiger partial charge in [0.1, 0.15) is 11.3 Å². The minimum absolute atomic E-state index is 0.293. The molecule has 3 aromatic rings. The summed E-state index contributed by atoms with van der Waals surface area (Å²) in [5, 5.41) is 4.18. The van der Waals surface area contributed by atoms with Crippen LogP contribution < -0.4 is 5.32 Å². The molecule has 0 saturated carbocycles. The first kappa shape index (κ1) is 17.8. The summed E-state index contributed by atoms with van der Waals surface area (Å²) in [5.74, 6) is -0.234. The maximum Gasteiger partial charge on any atom is 0.338 e. The topological polar surface area (TPSA) is 68.5 Å². The van der Waals surface area contributed by atoms with Gasteiger partial charge in [0, 0.05) is 22.2 Å². The van der Waals surface area contributed by atoms with Crippen LogP contribution in [0.2, 0.25) is 5.02 Å². The fourth-order valence-electron chi connectivity index (χ4n) is 2.40. The van der Waals surface area contributed by atoms with Crippen molar-refractivity contribution in [3.63, 3.8) is 0 Å². The molecule has 0 spiro atoms. The number of carbonyl (C=O) groups excluding carboxylic acids is 2. The van der Waals surface area contributed by atoms with Crippen molar-refractivity contribution in [2.45, 2.75) is 6.92 Å². The lowest BCUT2D eigenvalue weighted by Crippen LogP contribution is -2.09. The standard InChI is InChI=1S/C20H16ClNO4/c1-2-25-20(24)13-4-3-5-16(11-13)22-19(23)9-7-17-12-14-10-15(21)6-8-18(14)26-17/h3-12H,2H2,1H3,(H,22,23)/b9-7+. The molecule has 6 heteroatoms. The monoisotopic (exact) mass is 369 g/mol. The lowest BCUT2D eigenvalue weighted by Gasteiger charge is -2.05. The first-order valence-electron chi connectivity index (χ1n) is 8.00. The van der Waals surface area contributed by atoms with Gasteiger partial charge in [0.05, 0.1) is 12.2 Å². The van der Waals surface area contributed by atoms with Crippen LogP contribution in [0.3, 0.4) is 0 Å². The Bertz CT molecular complexity index is 990. The Labute approximate surface area is 155 Å². The summed E-state index contributed by atoms with van der Waals surface area (Å²) in [6, 6.07) is 13.7. The zero-order valence-electron chi connectivity index (χ0n) is 14.0. The van der Waals surface area contributed by atoms with E-state index in [9.17, 15) is 9.59 Å². The van der Waals surface area contributed by atoms with Gasteiger partial charge in [-0.1, -0.05) is 17.7 Å². The van der Waals surface area contributed by atoms with Gasteiger partial charge in [-0.2, -0.15) is 0 Å². The first-order chi connectivity index (χ1) is 12.5. The molecule has 26 heavy (non-hydrogen) atoms. The molecule has 3 rings (SSSR count). The highest BCUT2D eigenvalue weighted by molar-refractivity contribution is 6.31. The molecule has 1 aromatic heterocycles. The average molecular weight is 370 g/mol. The summed E-state index contributed by atoms with van der Waals surface area (Å²) in [7, 11) is 0. The Hall–Kier alpha value is -3.05.